The number of hydrogen-bond donors (Lipinski definition) is 1. The van der Waals surface area contributed by atoms with Gasteiger partial charge in [0.15, 0.2) is 0 Å². The topological polar surface area (TPSA) is 81.9 Å². The molecule has 134 valence electrons. The average Bonchev–Trinajstić information content (AvgIpc) is 3.15. The number of nitrogens with zero attached hydrogens (tertiary/aromatic N) is 4. The van der Waals surface area contributed by atoms with Crippen LogP contribution in [0.15, 0.2) is 48.8 Å². The van der Waals surface area contributed by atoms with Crippen molar-refractivity contribution in [1.82, 2.24) is 25.1 Å². The molecule has 0 atom stereocenters. The number of methoxy groups -OCH3 is 1. The van der Waals surface area contributed by atoms with Crippen LogP contribution in [0.1, 0.15) is 23.1 Å². The standard InChI is InChI=1S/C19H21N5O2/c1-3-24-13-21-23-17(24)10-11-20-19(25)15-7-4-6-14(12-15)16-8-5-9-18(22-16)26-2/h4-9,12-13H,3,10-11H2,1-2H3,(H,20,25). The Morgan fingerprint density at radius 1 is 1.23 bits per heavy atom. The van der Waals surface area contributed by atoms with Crippen LogP contribution in [0, 0.1) is 0 Å². The molecule has 0 bridgehead atoms. The normalized spacial score (nSPS) is 10.5. The number of ether oxygens (including phenoxy) is 1. The first-order valence-electron chi connectivity index (χ1n) is 8.47. The Kier molecular flexibility index (Phi) is 5.58. The maximum atomic E-state index is 12.4. The molecule has 7 nitrogen and oxygen atoms in total. The van der Waals surface area contributed by atoms with Crippen LogP contribution in [0.3, 0.4) is 0 Å². The molecule has 0 unspecified atom stereocenters. The van der Waals surface area contributed by atoms with Crippen molar-refractivity contribution in [3.05, 3.63) is 60.2 Å². The fourth-order valence-electron chi connectivity index (χ4n) is 2.64. The molecule has 2 heterocycles. The van der Waals surface area contributed by atoms with Crippen LogP contribution in [0.4, 0.5) is 0 Å². The average molecular weight is 351 g/mol. The van der Waals surface area contributed by atoms with Crippen LogP contribution in [-0.4, -0.2) is 39.3 Å². The Bertz CT molecular complexity index is 891. The summed E-state index contributed by atoms with van der Waals surface area (Å²) in [6.45, 7) is 3.34. The lowest BCUT2D eigenvalue weighted by molar-refractivity contribution is 0.0954. The first kappa shape index (κ1) is 17.6. The highest BCUT2D eigenvalue weighted by Gasteiger charge is 2.09. The molecule has 7 heteroatoms. The number of carbonyl (C=O) groups is 1. The van der Waals surface area contributed by atoms with Crippen molar-refractivity contribution in [1.29, 1.82) is 0 Å². The zero-order valence-electron chi connectivity index (χ0n) is 14.8. The van der Waals surface area contributed by atoms with Crippen LogP contribution in [0.5, 0.6) is 5.88 Å². The largest absolute Gasteiger partial charge is 0.481 e. The molecular weight excluding hydrogens is 330 g/mol. The second-order valence-corrected chi connectivity index (χ2v) is 5.69. The molecule has 0 aliphatic rings. The molecule has 0 radical (unpaired) electrons. The minimum atomic E-state index is -0.127. The molecule has 0 saturated carbocycles. The molecular formula is C19H21N5O2. The van der Waals surface area contributed by atoms with Crippen LogP contribution in [0.25, 0.3) is 11.3 Å². The quantitative estimate of drug-likeness (QED) is 0.706. The van der Waals surface area contributed by atoms with Crippen LogP contribution in [-0.2, 0) is 13.0 Å². The smallest absolute Gasteiger partial charge is 0.251 e. The first-order chi connectivity index (χ1) is 12.7. The summed E-state index contributed by atoms with van der Waals surface area (Å²) in [7, 11) is 1.58. The van der Waals surface area contributed by atoms with Crippen molar-refractivity contribution >= 4 is 5.91 Å². The Hall–Kier alpha value is -3.22. The van der Waals surface area contributed by atoms with E-state index in [-0.39, 0.29) is 5.91 Å². The SMILES string of the molecule is CCn1cnnc1CCNC(=O)c1cccc(-c2cccc(OC)n2)c1. The highest BCUT2D eigenvalue weighted by molar-refractivity contribution is 5.95. The van der Waals surface area contributed by atoms with Gasteiger partial charge in [0.05, 0.1) is 12.8 Å². The summed E-state index contributed by atoms with van der Waals surface area (Å²) in [5, 5.41) is 10.9. The lowest BCUT2D eigenvalue weighted by Gasteiger charge is -2.08. The van der Waals surface area contributed by atoms with Gasteiger partial charge in [-0.3, -0.25) is 4.79 Å². The summed E-state index contributed by atoms with van der Waals surface area (Å²) >= 11 is 0. The zero-order valence-corrected chi connectivity index (χ0v) is 14.8. The van der Waals surface area contributed by atoms with E-state index in [0.717, 1.165) is 23.6 Å². The summed E-state index contributed by atoms with van der Waals surface area (Å²) in [6, 6.07) is 12.9. The van der Waals surface area contributed by atoms with E-state index in [1.54, 1.807) is 25.6 Å². The minimum absolute atomic E-state index is 0.127. The maximum absolute atomic E-state index is 12.4. The lowest BCUT2D eigenvalue weighted by atomic mass is 10.1. The fourth-order valence-corrected chi connectivity index (χ4v) is 2.64. The van der Waals surface area contributed by atoms with Crippen molar-refractivity contribution in [3.8, 4) is 17.1 Å². The molecule has 3 rings (SSSR count). The van der Waals surface area contributed by atoms with Crippen molar-refractivity contribution in [2.24, 2.45) is 0 Å². The number of carbonyl (C=O) groups excluding carboxylic acids is 1. The van der Waals surface area contributed by atoms with Gasteiger partial charge in [0.1, 0.15) is 12.2 Å². The van der Waals surface area contributed by atoms with Gasteiger partial charge in [-0.1, -0.05) is 18.2 Å². The summed E-state index contributed by atoms with van der Waals surface area (Å²) in [5.74, 6) is 1.27. The van der Waals surface area contributed by atoms with E-state index in [1.165, 1.54) is 0 Å². The molecule has 2 aromatic heterocycles. The van der Waals surface area contributed by atoms with Crippen molar-refractivity contribution in [2.45, 2.75) is 19.9 Å². The lowest BCUT2D eigenvalue weighted by Crippen LogP contribution is -2.26. The number of benzene rings is 1. The van der Waals surface area contributed by atoms with Gasteiger partial charge in [-0.2, -0.15) is 0 Å². The highest BCUT2D eigenvalue weighted by Crippen LogP contribution is 2.20. The Morgan fingerprint density at radius 3 is 2.88 bits per heavy atom. The van der Waals surface area contributed by atoms with Gasteiger partial charge >= 0.3 is 0 Å². The third-order valence-electron chi connectivity index (χ3n) is 4.02. The van der Waals surface area contributed by atoms with Crippen molar-refractivity contribution < 1.29 is 9.53 Å². The predicted octanol–water partition coefficient (Wildman–Crippen LogP) is 2.34. The summed E-state index contributed by atoms with van der Waals surface area (Å²) in [6.07, 6.45) is 2.33. The van der Waals surface area contributed by atoms with E-state index in [1.807, 2.05) is 41.8 Å². The fraction of sp³-hybridized carbons (Fsp3) is 0.263. The van der Waals surface area contributed by atoms with Crippen molar-refractivity contribution in [3.63, 3.8) is 0 Å². The van der Waals surface area contributed by atoms with Crippen LogP contribution >= 0.6 is 0 Å². The Morgan fingerprint density at radius 2 is 2.08 bits per heavy atom. The van der Waals surface area contributed by atoms with Gasteiger partial charge in [0.25, 0.3) is 5.91 Å². The molecule has 0 aliphatic heterocycles. The van der Waals surface area contributed by atoms with E-state index >= 15 is 0 Å². The number of hydrogen-bond acceptors (Lipinski definition) is 5. The summed E-state index contributed by atoms with van der Waals surface area (Å²) in [4.78, 5) is 16.8. The van der Waals surface area contributed by atoms with Crippen molar-refractivity contribution in [2.75, 3.05) is 13.7 Å². The summed E-state index contributed by atoms with van der Waals surface area (Å²) < 4.78 is 7.12. The number of aryl methyl sites for hydroxylation is 1. The number of nitrogens with one attached hydrogen (secondary N) is 1. The van der Waals surface area contributed by atoms with E-state index < -0.39 is 0 Å². The van der Waals surface area contributed by atoms with E-state index in [0.29, 0.717) is 24.4 Å². The second-order valence-electron chi connectivity index (χ2n) is 5.69. The Balaban J connectivity index is 1.66. The molecule has 1 aromatic carbocycles. The maximum Gasteiger partial charge on any atom is 0.251 e. The third kappa shape index (κ3) is 4.05. The monoisotopic (exact) mass is 351 g/mol. The van der Waals surface area contributed by atoms with Gasteiger partial charge in [-0.15, -0.1) is 10.2 Å². The van der Waals surface area contributed by atoms with Gasteiger partial charge < -0.3 is 14.6 Å². The zero-order chi connectivity index (χ0) is 18.4. The summed E-state index contributed by atoms with van der Waals surface area (Å²) in [5.41, 5.74) is 2.21. The van der Waals surface area contributed by atoms with Crippen LogP contribution in [0.2, 0.25) is 0 Å². The number of rotatable bonds is 7. The first-order valence-corrected chi connectivity index (χ1v) is 8.47. The Labute approximate surface area is 152 Å². The molecule has 3 aromatic rings. The van der Waals surface area contributed by atoms with E-state index in [9.17, 15) is 4.79 Å². The molecule has 0 spiro atoms. The number of pyridine rings is 1. The van der Waals surface area contributed by atoms with Gasteiger partial charge in [0.2, 0.25) is 5.88 Å². The molecule has 0 saturated heterocycles. The third-order valence-corrected chi connectivity index (χ3v) is 4.02. The predicted molar refractivity (Wildman–Crippen MR) is 98.0 cm³/mol. The van der Waals surface area contributed by atoms with E-state index in [2.05, 4.69) is 20.5 Å². The molecule has 1 N–H and O–H groups in total. The van der Waals surface area contributed by atoms with Gasteiger partial charge in [-0.25, -0.2) is 4.98 Å². The molecule has 1 amide bonds. The number of aromatic nitrogens is 4. The van der Waals surface area contributed by atoms with Crippen LogP contribution < -0.4 is 10.1 Å². The molecule has 0 fully saturated rings. The molecule has 26 heavy (non-hydrogen) atoms. The second kappa shape index (κ2) is 8.24. The minimum Gasteiger partial charge on any atom is -0.481 e. The van der Waals surface area contributed by atoms with Gasteiger partial charge in [0, 0.05) is 36.7 Å². The van der Waals surface area contributed by atoms with Gasteiger partial charge in [-0.05, 0) is 25.1 Å². The van der Waals surface area contributed by atoms with E-state index in [4.69, 9.17) is 4.74 Å². The number of amides is 1. The molecule has 0 aliphatic carbocycles. The highest BCUT2D eigenvalue weighted by atomic mass is 16.5.